The molecule has 7 nitrogen and oxygen atoms in total. The lowest BCUT2D eigenvalue weighted by Crippen LogP contribution is -2.33. The van der Waals surface area contributed by atoms with Crippen molar-refractivity contribution >= 4 is 34.1 Å². The number of anilines is 1. The number of hydrogen-bond donors (Lipinski definition) is 1. The highest BCUT2D eigenvalue weighted by atomic mass is 16.6. The average Bonchev–Trinajstić information content (AvgIpc) is 3.15. The first-order valence-corrected chi connectivity index (χ1v) is 10.1. The molecule has 0 unspecified atom stereocenters. The minimum Gasteiger partial charge on any atom is -0.366 e. The maximum atomic E-state index is 11.7. The van der Waals surface area contributed by atoms with Crippen LogP contribution in [0.25, 0.3) is 22.7 Å². The average molecular weight is 401 g/mol. The first-order valence-electron chi connectivity index (χ1n) is 10.1. The van der Waals surface area contributed by atoms with Crippen LogP contribution in [-0.2, 0) is 0 Å². The summed E-state index contributed by atoms with van der Waals surface area (Å²) in [6.45, 7) is 5.84. The predicted molar refractivity (Wildman–Crippen MR) is 118 cm³/mol. The number of benzene rings is 2. The highest BCUT2D eigenvalue weighted by Gasteiger charge is 2.23. The Morgan fingerprint density at radius 1 is 1.30 bits per heavy atom. The number of H-pyrrole nitrogens is 1. The topological polar surface area (TPSA) is 98.8 Å². The molecule has 2 aromatic carbocycles. The van der Waals surface area contributed by atoms with Crippen molar-refractivity contribution in [3.05, 3.63) is 63.5 Å². The van der Waals surface area contributed by atoms with Crippen molar-refractivity contribution in [2.24, 2.45) is 5.92 Å². The maximum Gasteiger partial charge on any atom is 0.293 e. The van der Waals surface area contributed by atoms with E-state index in [0.29, 0.717) is 28.6 Å². The van der Waals surface area contributed by atoms with Crippen LogP contribution in [0.5, 0.6) is 0 Å². The molecule has 0 amide bonds. The van der Waals surface area contributed by atoms with Gasteiger partial charge in [0.2, 0.25) is 0 Å². The summed E-state index contributed by atoms with van der Waals surface area (Å²) < 4.78 is 0. The predicted octanol–water partition coefficient (Wildman–Crippen LogP) is 5.08. The zero-order valence-electron chi connectivity index (χ0n) is 17.1. The molecule has 1 aromatic heterocycles. The van der Waals surface area contributed by atoms with E-state index in [1.54, 1.807) is 12.1 Å². The molecule has 0 saturated carbocycles. The minimum atomic E-state index is -0.347. The van der Waals surface area contributed by atoms with E-state index in [2.05, 4.69) is 27.9 Å². The molecule has 2 heterocycles. The standard InChI is InChI=1S/C23H23N5O2/c1-15-7-9-27(10-8-15)21-6-4-17(13-22(21)28(29)30)12-18(14-24)23-25-19-5-3-16(2)11-20(19)26-23/h3-6,11-13,15H,7-10H2,1-2H3,(H,25,26). The summed E-state index contributed by atoms with van der Waals surface area (Å²) in [7, 11) is 0. The van der Waals surface area contributed by atoms with Gasteiger partial charge in [0, 0.05) is 19.2 Å². The summed E-state index contributed by atoms with van der Waals surface area (Å²) in [5.74, 6) is 1.10. The van der Waals surface area contributed by atoms with E-state index in [9.17, 15) is 15.4 Å². The number of hydrogen-bond acceptors (Lipinski definition) is 5. The van der Waals surface area contributed by atoms with E-state index in [1.165, 1.54) is 6.07 Å². The van der Waals surface area contributed by atoms with Gasteiger partial charge in [0.25, 0.3) is 5.69 Å². The van der Waals surface area contributed by atoms with Gasteiger partial charge in [-0.3, -0.25) is 10.1 Å². The number of nitriles is 1. The molecule has 1 N–H and O–H groups in total. The third kappa shape index (κ3) is 3.90. The van der Waals surface area contributed by atoms with E-state index in [1.807, 2.05) is 31.2 Å². The van der Waals surface area contributed by atoms with Gasteiger partial charge in [-0.25, -0.2) is 4.98 Å². The Bertz CT molecular complexity index is 1180. The van der Waals surface area contributed by atoms with Crippen LogP contribution < -0.4 is 4.90 Å². The smallest absolute Gasteiger partial charge is 0.293 e. The molecule has 1 saturated heterocycles. The van der Waals surface area contributed by atoms with Gasteiger partial charge in [-0.05, 0) is 61.1 Å². The lowest BCUT2D eigenvalue weighted by atomic mass is 9.98. The van der Waals surface area contributed by atoms with Crippen LogP contribution in [0.1, 0.15) is 36.7 Å². The second-order valence-corrected chi connectivity index (χ2v) is 7.95. The molecule has 1 aliphatic rings. The van der Waals surface area contributed by atoms with Crippen molar-refractivity contribution in [2.75, 3.05) is 18.0 Å². The van der Waals surface area contributed by atoms with Crippen molar-refractivity contribution in [1.29, 1.82) is 5.26 Å². The highest BCUT2D eigenvalue weighted by molar-refractivity contribution is 5.91. The van der Waals surface area contributed by atoms with Crippen molar-refractivity contribution in [2.45, 2.75) is 26.7 Å². The number of nitro benzene ring substituents is 1. The molecule has 0 atom stereocenters. The fourth-order valence-corrected chi connectivity index (χ4v) is 3.86. The first-order chi connectivity index (χ1) is 14.4. The summed E-state index contributed by atoms with van der Waals surface area (Å²) in [6.07, 6.45) is 3.70. The van der Waals surface area contributed by atoms with Gasteiger partial charge in [-0.2, -0.15) is 5.26 Å². The number of nitrogens with zero attached hydrogens (tertiary/aromatic N) is 4. The van der Waals surface area contributed by atoms with Crippen LogP contribution in [0.2, 0.25) is 0 Å². The Hall–Kier alpha value is -3.66. The van der Waals surface area contributed by atoms with Crippen molar-refractivity contribution in [3.8, 4) is 6.07 Å². The van der Waals surface area contributed by atoms with E-state index in [4.69, 9.17) is 0 Å². The SMILES string of the molecule is Cc1ccc2nc(C(C#N)=Cc3ccc(N4CCC(C)CC4)c([N+](=O)[O-])c3)[nH]c2c1. The second kappa shape index (κ2) is 7.99. The van der Waals surface area contributed by atoms with E-state index in [-0.39, 0.29) is 10.6 Å². The lowest BCUT2D eigenvalue weighted by Gasteiger charge is -2.31. The van der Waals surface area contributed by atoms with Crippen molar-refractivity contribution < 1.29 is 4.92 Å². The molecular formula is C23H23N5O2. The van der Waals surface area contributed by atoms with E-state index in [0.717, 1.165) is 42.5 Å². The zero-order chi connectivity index (χ0) is 21.3. The molecule has 1 fully saturated rings. The Morgan fingerprint density at radius 2 is 2.07 bits per heavy atom. The number of fused-ring (bicyclic) bond motifs is 1. The summed E-state index contributed by atoms with van der Waals surface area (Å²) in [4.78, 5) is 21.1. The molecule has 0 spiro atoms. The van der Waals surface area contributed by atoms with Gasteiger partial charge >= 0.3 is 0 Å². The van der Waals surface area contributed by atoms with Gasteiger partial charge < -0.3 is 9.88 Å². The first kappa shape index (κ1) is 19.6. The second-order valence-electron chi connectivity index (χ2n) is 7.95. The Balaban J connectivity index is 1.69. The molecular weight excluding hydrogens is 378 g/mol. The largest absolute Gasteiger partial charge is 0.366 e. The fourth-order valence-electron chi connectivity index (χ4n) is 3.86. The van der Waals surface area contributed by atoms with Crippen LogP contribution in [-0.4, -0.2) is 28.0 Å². The van der Waals surface area contributed by atoms with E-state index < -0.39 is 0 Å². The summed E-state index contributed by atoms with van der Waals surface area (Å²) in [5, 5.41) is 21.4. The van der Waals surface area contributed by atoms with Crippen molar-refractivity contribution in [3.63, 3.8) is 0 Å². The van der Waals surface area contributed by atoms with Crippen LogP contribution in [0.4, 0.5) is 11.4 Å². The number of rotatable bonds is 4. The van der Waals surface area contributed by atoms with Crippen molar-refractivity contribution in [1.82, 2.24) is 9.97 Å². The fraction of sp³-hybridized carbons (Fsp3) is 0.304. The molecule has 30 heavy (non-hydrogen) atoms. The Morgan fingerprint density at radius 3 is 2.77 bits per heavy atom. The Kier molecular flexibility index (Phi) is 5.23. The summed E-state index contributed by atoms with van der Waals surface area (Å²) in [5.41, 5.74) is 4.36. The number of aromatic nitrogens is 2. The molecule has 0 radical (unpaired) electrons. The number of imidazole rings is 1. The van der Waals surface area contributed by atoms with E-state index >= 15 is 0 Å². The number of piperidine rings is 1. The third-order valence-electron chi connectivity index (χ3n) is 5.64. The summed E-state index contributed by atoms with van der Waals surface area (Å²) in [6, 6.07) is 13.2. The molecule has 4 rings (SSSR count). The number of aromatic amines is 1. The van der Waals surface area contributed by atoms with Gasteiger partial charge in [0.1, 0.15) is 17.6 Å². The monoisotopic (exact) mass is 401 g/mol. The normalized spacial score (nSPS) is 15.4. The minimum absolute atomic E-state index is 0.0656. The van der Waals surface area contributed by atoms with Gasteiger partial charge in [0.05, 0.1) is 21.5 Å². The molecule has 1 aliphatic heterocycles. The lowest BCUT2D eigenvalue weighted by molar-refractivity contribution is -0.384. The third-order valence-corrected chi connectivity index (χ3v) is 5.64. The highest BCUT2D eigenvalue weighted by Crippen LogP contribution is 2.33. The van der Waals surface area contributed by atoms with Crippen LogP contribution in [0, 0.1) is 34.3 Å². The molecule has 7 heteroatoms. The number of allylic oxidation sites excluding steroid dienone is 1. The van der Waals surface area contributed by atoms with Gasteiger partial charge in [0.15, 0.2) is 0 Å². The number of nitro groups is 1. The zero-order valence-corrected chi connectivity index (χ0v) is 17.1. The Labute approximate surface area is 174 Å². The van der Waals surface area contributed by atoms with Crippen LogP contribution in [0.3, 0.4) is 0 Å². The van der Waals surface area contributed by atoms with Crippen LogP contribution >= 0.6 is 0 Å². The maximum absolute atomic E-state index is 11.7. The molecule has 0 aliphatic carbocycles. The number of nitrogens with one attached hydrogen (secondary N) is 1. The molecule has 152 valence electrons. The van der Waals surface area contributed by atoms with Gasteiger partial charge in [-0.1, -0.05) is 19.1 Å². The number of aryl methyl sites for hydroxylation is 1. The van der Waals surface area contributed by atoms with Gasteiger partial charge in [-0.15, -0.1) is 0 Å². The molecule has 0 bridgehead atoms. The molecule has 3 aromatic rings. The summed E-state index contributed by atoms with van der Waals surface area (Å²) >= 11 is 0. The van der Waals surface area contributed by atoms with Crippen LogP contribution in [0.15, 0.2) is 36.4 Å². The quantitative estimate of drug-likeness (QED) is 0.373.